The minimum Gasteiger partial charge on any atom is -0.316 e. The van der Waals surface area contributed by atoms with Crippen LogP contribution in [0.2, 0.25) is 0 Å². The summed E-state index contributed by atoms with van der Waals surface area (Å²) in [5.74, 6) is 0.921. The quantitative estimate of drug-likeness (QED) is 0.802. The van der Waals surface area contributed by atoms with Crippen molar-refractivity contribution in [3.8, 4) is 0 Å². The Balaban J connectivity index is 1.86. The van der Waals surface area contributed by atoms with E-state index in [2.05, 4.69) is 41.9 Å². The third-order valence-electron chi connectivity index (χ3n) is 3.89. The summed E-state index contributed by atoms with van der Waals surface area (Å²) in [6.07, 6.45) is 0. The van der Waals surface area contributed by atoms with E-state index < -0.39 is 10.0 Å². The lowest BCUT2D eigenvalue weighted by Crippen LogP contribution is -2.32. The molecule has 1 aliphatic carbocycles. The van der Waals surface area contributed by atoms with Gasteiger partial charge in [-0.1, -0.05) is 15.9 Å². The van der Waals surface area contributed by atoms with Gasteiger partial charge in [-0.2, -0.15) is 0 Å². The number of piperidine rings is 1. The van der Waals surface area contributed by atoms with E-state index >= 15 is 0 Å². The van der Waals surface area contributed by atoms with E-state index in [1.54, 1.807) is 6.07 Å². The van der Waals surface area contributed by atoms with Crippen molar-refractivity contribution in [2.24, 2.45) is 11.8 Å². The van der Waals surface area contributed by atoms with Gasteiger partial charge in [0.2, 0.25) is 10.0 Å². The van der Waals surface area contributed by atoms with Gasteiger partial charge in [-0.15, -0.1) is 0 Å². The van der Waals surface area contributed by atoms with Gasteiger partial charge in [0.25, 0.3) is 0 Å². The Kier molecular flexibility index (Phi) is 3.54. The molecule has 3 rings (SSSR count). The van der Waals surface area contributed by atoms with Gasteiger partial charge in [0.15, 0.2) is 0 Å². The predicted molar refractivity (Wildman–Crippen MR) is 80.5 cm³/mol. The van der Waals surface area contributed by atoms with Crippen LogP contribution in [-0.4, -0.2) is 27.5 Å². The van der Waals surface area contributed by atoms with Crippen molar-refractivity contribution in [3.63, 3.8) is 0 Å². The van der Waals surface area contributed by atoms with Gasteiger partial charge in [0, 0.05) is 15.0 Å². The second kappa shape index (κ2) is 4.80. The van der Waals surface area contributed by atoms with Crippen LogP contribution in [0.5, 0.6) is 0 Å². The number of halogens is 2. The first-order valence-corrected chi connectivity index (χ1v) is 9.16. The molecule has 1 aromatic carbocycles. The van der Waals surface area contributed by atoms with Crippen LogP contribution in [0.1, 0.15) is 5.56 Å². The maximum absolute atomic E-state index is 12.4. The van der Waals surface area contributed by atoms with Crippen molar-refractivity contribution < 1.29 is 8.42 Å². The molecule has 0 spiro atoms. The highest BCUT2D eigenvalue weighted by atomic mass is 79.9. The first kappa shape index (κ1) is 14.0. The van der Waals surface area contributed by atoms with Gasteiger partial charge in [-0.3, -0.25) is 0 Å². The summed E-state index contributed by atoms with van der Waals surface area (Å²) in [6, 6.07) is 3.56. The first-order chi connectivity index (χ1) is 8.90. The zero-order chi connectivity index (χ0) is 13.8. The molecule has 1 saturated carbocycles. The molecule has 0 aromatic heterocycles. The monoisotopic (exact) mass is 408 g/mol. The highest BCUT2D eigenvalue weighted by molar-refractivity contribution is 9.11. The molecular formula is C12H14Br2N2O2S. The van der Waals surface area contributed by atoms with E-state index in [0.29, 0.717) is 21.2 Å². The molecule has 19 heavy (non-hydrogen) atoms. The summed E-state index contributed by atoms with van der Waals surface area (Å²) in [5.41, 5.74) is 0.998. The van der Waals surface area contributed by atoms with Gasteiger partial charge in [-0.25, -0.2) is 13.1 Å². The molecular weight excluding hydrogens is 396 g/mol. The lowest BCUT2D eigenvalue weighted by molar-refractivity contribution is 0.564. The molecule has 4 nitrogen and oxygen atoms in total. The standard InChI is InChI=1S/C12H14Br2N2O2S/c1-6-2-10(14)11(3-9(6)13)19(17,18)16-12-7-4-15-5-8(7)12/h2-3,7-8,12,15-16H,4-5H2,1H3. The lowest BCUT2D eigenvalue weighted by atomic mass is 10.2. The number of benzene rings is 1. The number of rotatable bonds is 3. The van der Waals surface area contributed by atoms with Crippen LogP contribution in [0.4, 0.5) is 0 Å². The number of fused-ring (bicyclic) bond motifs is 1. The van der Waals surface area contributed by atoms with Gasteiger partial charge >= 0.3 is 0 Å². The summed E-state index contributed by atoms with van der Waals surface area (Å²) in [5, 5.41) is 3.25. The van der Waals surface area contributed by atoms with Crippen molar-refractivity contribution in [1.82, 2.24) is 10.0 Å². The number of sulfonamides is 1. The first-order valence-electron chi connectivity index (χ1n) is 6.09. The zero-order valence-electron chi connectivity index (χ0n) is 10.3. The van der Waals surface area contributed by atoms with E-state index in [9.17, 15) is 8.42 Å². The Morgan fingerprint density at radius 1 is 1.21 bits per heavy atom. The highest BCUT2D eigenvalue weighted by Gasteiger charge is 2.54. The third kappa shape index (κ3) is 2.51. The van der Waals surface area contributed by atoms with Gasteiger partial charge in [-0.05, 0) is 65.5 Å². The van der Waals surface area contributed by atoms with E-state index in [1.807, 2.05) is 13.0 Å². The largest absolute Gasteiger partial charge is 0.316 e. The Morgan fingerprint density at radius 2 is 1.84 bits per heavy atom. The Morgan fingerprint density at radius 3 is 2.47 bits per heavy atom. The molecule has 0 bridgehead atoms. The molecule has 0 amide bonds. The second-order valence-electron chi connectivity index (χ2n) is 5.16. The SMILES string of the molecule is Cc1cc(Br)c(S(=O)(=O)NC2C3CNCC32)cc1Br. The van der Waals surface area contributed by atoms with Crippen molar-refractivity contribution >= 4 is 41.9 Å². The molecule has 1 saturated heterocycles. The average molecular weight is 410 g/mol. The number of aryl methyl sites for hydroxylation is 1. The smallest absolute Gasteiger partial charge is 0.242 e. The van der Waals surface area contributed by atoms with Crippen LogP contribution in [0.15, 0.2) is 26.0 Å². The third-order valence-corrected chi connectivity index (χ3v) is 7.16. The minimum absolute atomic E-state index is 0.0956. The molecule has 2 atom stereocenters. The topological polar surface area (TPSA) is 58.2 Å². The lowest BCUT2D eigenvalue weighted by Gasteiger charge is -2.11. The summed E-state index contributed by atoms with van der Waals surface area (Å²) >= 11 is 6.72. The molecule has 2 N–H and O–H groups in total. The van der Waals surface area contributed by atoms with Crippen molar-refractivity contribution in [2.45, 2.75) is 17.9 Å². The van der Waals surface area contributed by atoms with Crippen molar-refractivity contribution in [2.75, 3.05) is 13.1 Å². The average Bonchev–Trinajstić information content (AvgIpc) is 2.75. The predicted octanol–water partition coefficient (Wildman–Crippen LogP) is 2.02. The summed E-state index contributed by atoms with van der Waals surface area (Å²) < 4.78 is 29.1. The molecule has 0 radical (unpaired) electrons. The fraction of sp³-hybridized carbons (Fsp3) is 0.500. The fourth-order valence-corrected chi connectivity index (χ4v) is 5.69. The van der Waals surface area contributed by atoms with Crippen LogP contribution in [0.25, 0.3) is 0 Å². The second-order valence-corrected chi connectivity index (χ2v) is 8.56. The molecule has 2 fully saturated rings. The van der Waals surface area contributed by atoms with Crippen LogP contribution in [0, 0.1) is 18.8 Å². The van der Waals surface area contributed by atoms with E-state index in [1.165, 1.54) is 0 Å². The van der Waals surface area contributed by atoms with Gasteiger partial charge < -0.3 is 5.32 Å². The molecule has 2 aliphatic rings. The minimum atomic E-state index is -3.46. The fourth-order valence-electron chi connectivity index (χ4n) is 2.67. The zero-order valence-corrected chi connectivity index (χ0v) is 14.3. The molecule has 1 aliphatic heterocycles. The number of nitrogens with one attached hydrogen (secondary N) is 2. The van der Waals surface area contributed by atoms with Crippen LogP contribution < -0.4 is 10.0 Å². The van der Waals surface area contributed by atoms with Crippen molar-refractivity contribution in [3.05, 3.63) is 26.6 Å². The van der Waals surface area contributed by atoms with Gasteiger partial charge in [0.1, 0.15) is 0 Å². The maximum Gasteiger partial charge on any atom is 0.242 e. The summed E-state index contributed by atoms with van der Waals surface area (Å²) in [7, 11) is -3.46. The summed E-state index contributed by atoms with van der Waals surface area (Å²) in [4.78, 5) is 0.294. The summed E-state index contributed by atoms with van der Waals surface area (Å²) in [6.45, 7) is 3.75. The van der Waals surface area contributed by atoms with Crippen LogP contribution in [0.3, 0.4) is 0 Å². The molecule has 1 aromatic rings. The van der Waals surface area contributed by atoms with Crippen LogP contribution >= 0.6 is 31.9 Å². The highest BCUT2D eigenvalue weighted by Crippen LogP contribution is 2.42. The van der Waals surface area contributed by atoms with Gasteiger partial charge in [0.05, 0.1) is 4.90 Å². The van der Waals surface area contributed by atoms with E-state index in [4.69, 9.17) is 0 Å². The van der Waals surface area contributed by atoms with E-state index in [-0.39, 0.29) is 6.04 Å². The molecule has 1 heterocycles. The Labute approximate surface area is 129 Å². The van der Waals surface area contributed by atoms with Crippen molar-refractivity contribution in [1.29, 1.82) is 0 Å². The Bertz CT molecular complexity index is 623. The van der Waals surface area contributed by atoms with Crippen LogP contribution in [-0.2, 0) is 10.0 Å². The maximum atomic E-state index is 12.4. The number of hydrogen-bond donors (Lipinski definition) is 2. The molecule has 7 heteroatoms. The molecule has 104 valence electrons. The van der Waals surface area contributed by atoms with E-state index in [0.717, 1.165) is 23.1 Å². The molecule has 2 unspecified atom stereocenters. The number of hydrogen-bond acceptors (Lipinski definition) is 3. The Hall–Kier alpha value is 0.0500. The normalized spacial score (nSPS) is 29.3.